The molecule has 2 rings (SSSR count). The van der Waals surface area contributed by atoms with Crippen molar-refractivity contribution in [3.05, 3.63) is 20.8 Å². The summed E-state index contributed by atoms with van der Waals surface area (Å²) in [6.45, 7) is 6.77. The normalized spacial score (nSPS) is 22.4. The highest BCUT2D eigenvalue weighted by molar-refractivity contribution is 9.10. The fraction of sp³-hybridized carbons (Fsp3) is 0.600. The topological polar surface area (TPSA) is 15.3 Å². The van der Waals surface area contributed by atoms with Crippen LogP contribution in [0.1, 0.15) is 11.8 Å². The molecule has 1 aromatic heterocycles. The number of nitrogens with one attached hydrogen (secondary N) is 1. The van der Waals surface area contributed by atoms with Crippen LogP contribution in [0.15, 0.2) is 15.9 Å². The zero-order chi connectivity index (χ0) is 9.97. The van der Waals surface area contributed by atoms with Crippen molar-refractivity contribution in [3.8, 4) is 0 Å². The fourth-order valence-electron chi connectivity index (χ4n) is 1.80. The number of thiophene rings is 1. The van der Waals surface area contributed by atoms with Crippen LogP contribution in [-0.4, -0.2) is 30.6 Å². The van der Waals surface area contributed by atoms with E-state index in [-0.39, 0.29) is 12.4 Å². The molecule has 0 saturated carbocycles. The molecule has 0 aromatic carbocycles. The highest BCUT2D eigenvalue weighted by atomic mass is 79.9. The summed E-state index contributed by atoms with van der Waals surface area (Å²) in [5.41, 5.74) is 0. The number of nitrogens with zero attached hydrogens (tertiary/aromatic N) is 1. The maximum Gasteiger partial charge on any atom is 0.0340 e. The van der Waals surface area contributed by atoms with E-state index in [1.54, 1.807) is 0 Å². The molecule has 0 spiro atoms. The van der Waals surface area contributed by atoms with Crippen molar-refractivity contribution < 1.29 is 0 Å². The third kappa shape index (κ3) is 3.71. The Morgan fingerprint density at radius 3 is 3.07 bits per heavy atom. The van der Waals surface area contributed by atoms with Gasteiger partial charge in [-0.2, -0.15) is 0 Å². The molecule has 1 N–H and O–H groups in total. The zero-order valence-electron chi connectivity index (χ0n) is 8.70. The summed E-state index contributed by atoms with van der Waals surface area (Å²) in [7, 11) is 0. The van der Waals surface area contributed by atoms with Crippen molar-refractivity contribution in [2.75, 3.05) is 19.6 Å². The van der Waals surface area contributed by atoms with Crippen LogP contribution in [0.2, 0.25) is 0 Å². The molecule has 1 saturated heterocycles. The maximum atomic E-state index is 3.58. The number of hydrogen-bond acceptors (Lipinski definition) is 3. The van der Waals surface area contributed by atoms with Crippen molar-refractivity contribution in [1.82, 2.24) is 10.2 Å². The lowest BCUT2D eigenvalue weighted by atomic mass is 10.2. The first-order valence-electron chi connectivity index (χ1n) is 4.93. The molecule has 0 amide bonds. The van der Waals surface area contributed by atoms with Crippen LogP contribution < -0.4 is 5.32 Å². The molecule has 0 aliphatic carbocycles. The van der Waals surface area contributed by atoms with E-state index in [1.165, 1.54) is 9.35 Å². The lowest BCUT2D eigenvalue weighted by molar-refractivity contribution is 0.201. The molecule has 1 unspecified atom stereocenters. The van der Waals surface area contributed by atoms with Crippen molar-refractivity contribution in [2.45, 2.75) is 19.5 Å². The van der Waals surface area contributed by atoms with Gasteiger partial charge >= 0.3 is 0 Å². The van der Waals surface area contributed by atoms with Crippen LogP contribution in [-0.2, 0) is 6.54 Å². The third-order valence-electron chi connectivity index (χ3n) is 2.51. The quantitative estimate of drug-likeness (QED) is 0.903. The van der Waals surface area contributed by atoms with Crippen LogP contribution in [0.25, 0.3) is 0 Å². The summed E-state index contributed by atoms with van der Waals surface area (Å²) in [6.07, 6.45) is 0. The Bertz CT molecular complexity index is 305. The first-order chi connectivity index (χ1) is 6.75. The van der Waals surface area contributed by atoms with Gasteiger partial charge in [0.15, 0.2) is 0 Å². The van der Waals surface area contributed by atoms with E-state index in [1.807, 2.05) is 11.3 Å². The van der Waals surface area contributed by atoms with E-state index in [9.17, 15) is 0 Å². The van der Waals surface area contributed by atoms with E-state index < -0.39 is 0 Å². The first kappa shape index (κ1) is 13.5. The zero-order valence-corrected chi connectivity index (χ0v) is 11.9. The van der Waals surface area contributed by atoms with Gasteiger partial charge in [-0.1, -0.05) is 0 Å². The molecule has 86 valence electrons. The molecule has 1 aromatic rings. The summed E-state index contributed by atoms with van der Waals surface area (Å²) in [5.74, 6) is 0. The lowest BCUT2D eigenvalue weighted by Gasteiger charge is -2.31. The summed E-state index contributed by atoms with van der Waals surface area (Å²) in [5, 5.41) is 5.60. The molecule has 15 heavy (non-hydrogen) atoms. The molecule has 5 heteroatoms. The fourth-order valence-corrected chi connectivity index (χ4v) is 3.32. The van der Waals surface area contributed by atoms with E-state index >= 15 is 0 Å². The summed E-state index contributed by atoms with van der Waals surface area (Å²) in [4.78, 5) is 3.96. The van der Waals surface area contributed by atoms with E-state index in [4.69, 9.17) is 0 Å². The van der Waals surface area contributed by atoms with Crippen molar-refractivity contribution >= 4 is 39.7 Å². The standard InChI is InChI=1S/C10H15BrN2S.ClH/c1-8-6-13(4-3-12-8)7-10-9(11)2-5-14-10;/h2,5,8,12H,3-4,6-7H2,1H3;1H. The minimum Gasteiger partial charge on any atom is -0.312 e. The molecule has 0 bridgehead atoms. The van der Waals surface area contributed by atoms with Gasteiger partial charge < -0.3 is 5.32 Å². The minimum atomic E-state index is 0. The van der Waals surface area contributed by atoms with E-state index in [0.29, 0.717) is 6.04 Å². The molecule has 0 radical (unpaired) electrons. The van der Waals surface area contributed by atoms with Gasteiger partial charge in [0.1, 0.15) is 0 Å². The largest absolute Gasteiger partial charge is 0.312 e. The van der Waals surface area contributed by atoms with Crippen molar-refractivity contribution in [2.24, 2.45) is 0 Å². The molecular formula is C10H16BrClN2S. The van der Waals surface area contributed by atoms with E-state index in [2.05, 4.69) is 44.5 Å². The SMILES string of the molecule is CC1CN(Cc2sccc2Br)CCN1.Cl. The van der Waals surface area contributed by atoms with Crippen molar-refractivity contribution in [1.29, 1.82) is 0 Å². The Morgan fingerprint density at radius 2 is 2.47 bits per heavy atom. The number of hydrogen-bond donors (Lipinski definition) is 1. The van der Waals surface area contributed by atoms with Crippen LogP contribution in [0.3, 0.4) is 0 Å². The summed E-state index contributed by atoms with van der Waals surface area (Å²) >= 11 is 5.41. The number of piperazine rings is 1. The van der Waals surface area contributed by atoms with Gasteiger partial charge in [-0.05, 0) is 34.3 Å². The van der Waals surface area contributed by atoms with E-state index in [0.717, 1.165) is 26.2 Å². The first-order valence-corrected chi connectivity index (χ1v) is 6.60. The second-order valence-corrected chi connectivity index (χ2v) is 5.64. The van der Waals surface area contributed by atoms with Crippen LogP contribution in [0.5, 0.6) is 0 Å². The Hall–Kier alpha value is 0.390. The minimum absolute atomic E-state index is 0. The van der Waals surface area contributed by atoms with Gasteiger partial charge in [-0.15, -0.1) is 23.7 Å². The molecule has 1 aliphatic rings. The molecule has 1 fully saturated rings. The number of rotatable bonds is 2. The van der Waals surface area contributed by atoms with Gasteiger partial charge in [0, 0.05) is 41.6 Å². The monoisotopic (exact) mass is 310 g/mol. The summed E-state index contributed by atoms with van der Waals surface area (Å²) in [6, 6.07) is 2.76. The van der Waals surface area contributed by atoms with Crippen LogP contribution in [0.4, 0.5) is 0 Å². The second-order valence-electron chi connectivity index (χ2n) is 3.78. The van der Waals surface area contributed by atoms with Gasteiger partial charge in [0.2, 0.25) is 0 Å². The van der Waals surface area contributed by atoms with Gasteiger partial charge in [0.05, 0.1) is 0 Å². The molecule has 1 aliphatic heterocycles. The summed E-state index contributed by atoms with van der Waals surface area (Å²) < 4.78 is 1.26. The Kier molecular flexibility index (Phi) is 5.57. The molecule has 2 nitrogen and oxygen atoms in total. The maximum absolute atomic E-state index is 3.58. The molecule has 2 heterocycles. The Balaban J connectivity index is 0.00000112. The van der Waals surface area contributed by atoms with Gasteiger partial charge in [-0.25, -0.2) is 0 Å². The predicted octanol–water partition coefficient (Wildman–Crippen LogP) is 2.73. The van der Waals surface area contributed by atoms with Gasteiger partial charge in [0.25, 0.3) is 0 Å². The number of halogens is 2. The lowest BCUT2D eigenvalue weighted by Crippen LogP contribution is -2.48. The smallest absolute Gasteiger partial charge is 0.0340 e. The highest BCUT2D eigenvalue weighted by Gasteiger charge is 2.16. The van der Waals surface area contributed by atoms with Crippen molar-refractivity contribution in [3.63, 3.8) is 0 Å². The third-order valence-corrected chi connectivity index (χ3v) is 4.42. The Labute approximate surface area is 110 Å². The predicted molar refractivity (Wildman–Crippen MR) is 72.0 cm³/mol. The average Bonchev–Trinajstić information content (AvgIpc) is 2.52. The molecule has 1 atom stereocenters. The van der Waals surface area contributed by atoms with Crippen LogP contribution in [0, 0.1) is 0 Å². The highest BCUT2D eigenvalue weighted by Crippen LogP contribution is 2.24. The van der Waals surface area contributed by atoms with Crippen LogP contribution >= 0.6 is 39.7 Å². The van der Waals surface area contributed by atoms with Gasteiger partial charge in [-0.3, -0.25) is 4.90 Å². The molecular weight excluding hydrogens is 296 g/mol. The second kappa shape index (κ2) is 6.21. The Morgan fingerprint density at radius 1 is 1.67 bits per heavy atom. The average molecular weight is 312 g/mol.